The minimum Gasteiger partial charge on any atom is -0.312 e. The van der Waals surface area contributed by atoms with Gasteiger partial charge in [-0.25, -0.2) is 0 Å². The van der Waals surface area contributed by atoms with Crippen molar-refractivity contribution in [2.75, 3.05) is 13.6 Å². The molecule has 0 radical (unpaired) electrons. The van der Waals surface area contributed by atoms with Crippen LogP contribution in [-0.4, -0.2) is 36.6 Å². The van der Waals surface area contributed by atoms with Crippen LogP contribution in [0.25, 0.3) is 0 Å². The summed E-state index contributed by atoms with van der Waals surface area (Å²) in [5.41, 5.74) is 0. The molecule has 0 spiro atoms. The predicted octanol–water partition coefficient (Wildman–Crippen LogP) is 3.52. The average molecular weight is 254 g/mol. The zero-order chi connectivity index (χ0) is 13.7. The topological polar surface area (TPSA) is 15.3 Å². The molecule has 108 valence electrons. The fraction of sp³-hybridized carbons (Fsp3) is 1.00. The Kier molecular flexibility index (Phi) is 6.65. The van der Waals surface area contributed by atoms with Crippen molar-refractivity contribution in [1.82, 2.24) is 10.2 Å². The van der Waals surface area contributed by atoms with Crippen LogP contribution in [-0.2, 0) is 0 Å². The molecular formula is C16H34N2. The molecule has 0 aliphatic heterocycles. The summed E-state index contributed by atoms with van der Waals surface area (Å²) in [6.45, 7) is 12.8. The summed E-state index contributed by atoms with van der Waals surface area (Å²) in [5, 5.41) is 3.80. The van der Waals surface area contributed by atoms with Gasteiger partial charge in [0.25, 0.3) is 0 Å². The number of rotatable bonds is 9. The molecule has 1 unspecified atom stereocenters. The standard InChI is InChI=1S/C16H34N2/c1-12(2)9-15(10-13(3)4)17-11-14(5)18(6)16-7-8-16/h12-17H,7-11H2,1-6H3. The Morgan fingerprint density at radius 1 is 1.00 bits per heavy atom. The molecule has 2 nitrogen and oxygen atoms in total. The first-order chi connectivity index (χ1) is 8.40. The van der Waals surface area contributed by atoms with Gasteiger partial charge in [0.05, 0.1) is 0 Å². The Balaban J connectivity index is 2.30. The van der Waals surface area contributed by atoms with Crippen LogP contribution in [0.4, 0.5) is 0 Å². The summed E-state index contributed by atoms with van der Waals surface area (Å²) in [6.07, 6.45) is 5.42. The van der Waals surface area contributed by atoms with Crippen molar-refractivity contribution in [2.24, 2.45) is 11.8 Å². The Labute approximate surface area is 115 Å². The number of nitrogens with zero attached hydrogens (tertiary/aromatic N) is 1. The molecule has 0 heterocycles. The van der Waals surface area contributed by atoms with E-state index in [4.69, 9.17) is 0 Å². The predicted molar refractivity (Wildman–Crippen MR) is 80.9 cm³/mol. The van der Waals surface area contributed by atoms with Crippen LogP contribution in [0.3, 0.4) is 0 Å². The summed E-state index contributed by atoms with van der Waals surface area (Å²) in [5.74, 6) is 1.58. The second kappa shape index (κ2) is 7.49. The summed E-state index contributed by atoms with van der Waals surface area (Å²) >= 11 is 0. The number of likely N-dealkylation sites (N-methyl/N-ethyl adjacent to an activating group) is 1. The van der Waals surface area contributed by atoms with Gasteiger partial charge >= 0.3 is 0 Å². The van der Waals surface area contributed by atoms with Crippen molar-refractivity contribution in [1.29, 1.82) is 0 Å². The molecule has 1 rings (SSSR count). The molecule has 1 N–H and O–H groups in total. The van der Waals surface area contributed by atoms with Crippen LogP contribution in [0.15, 0.2) is 0 Å². The van der Waals surface area contributed by atoms with Gasteiger partial charge in [0.15, 0.2) is 0 Å². The van der Waals surface area contributed by atoms with Gasteiger partial charge in [-0.3, -0.25) is 4.90 Å². The van der Waals surface area contributed by atoms with E-state index in [1.165, 1.54) is 25.7 Å². The average Bonchev–Trinajstić information content (AvgIpc) is 3.06. The fourth-order valence-corrected chi connectivity index (χ4v) is 2.72. The number of nitrogens with one attached hydrogen (secondary N) is 1. The van der Waals surface area contributed by atoms with Crippen molar-refractivity contribution in [3.63, 3.8) is 0 Å². The molecule has 0 bridgehead atoms. The van der Waals surface area contributed by atoms with Crippen LogP contribution in [0.1, 0.15) is 60.3 Å². The van der Waals surface area contributed by atoms with Gasteiger partial charge in [0.2, 0.25) is 0 Å². The van der Waals surface area contributed by atoms with Gasteiger partial charge in [0.1, 0.15) is 0 Å². The van der Waals surface area contributed by atoms with Crippen LogP contribution in [0.2, 0.25) is 0 Å². The summed E-state index contributed by atoms with van der Waals surface area (Å²) in [7, 11) is 2.28. The molecular weight excluding hydrogens is 220 g/mol. The molecule has 1 atom stereocenters. The highest BCUT2D eigenvalue weighted by molar-refractivity contribution is 4.86. The highest BCUT2D eigenvalue weighted by Crippen LogP contribution is 2.26. The quantitative estimate of drug-likeness (QED) is 0.677. The summed E-state index contributed by atoms with van der Waals surface area (Å²) < 4.78 is 0. The largest absolute Gasteiger partial charge is 0.312 e. The van der Waals surface area contributed by atoms with Crippen molar-refractivity contribution >= 4 is 0 Å². The maximum atomic E-state index is 3.80. The zero-order valence-corrected chi connectivity index (χ0v) is 13.4. The van der Waals surface area contributed by atoms with Gasteiger partial charge in [-0.1, -0.05) is 27.7 Å². The van der Waals surface area contributed by atoms with Gasteiger partial charge in [-0.15, -0.1) is 0 Å². The van der Waals surface area contributed by atoms with E-state index >= 15 is 0 Å². The molecule has 1 saturated carbocycles. The fourth-order valence-electron chi connectivity index (χ4n) is 2.72. The smallest absolute Gasteiger partial charge is 0.0192 e. The van der Waals surface area contributed by atoms with Gasteiger partial charge in [-0.05, 0) is 51.5 Å². The molecule has 0 aromatic carbocycles. The van der Waals surface area contributed by atoms with Gasteiger partial charge in [0, 0.05) is 24.7 Å². The number of hydrogen-bond acceptors (Lipinski definition) is 2. The van der Waals surface area contributed by atoms with Crippen molar-refractivity contribution in [3.8, 4) is 0 Å². The first-order valence-electron chi connectivity index (χ1n) is 7.85. The Morgan fingerprint density at radius 3 is 1.89 bits per heavy atom. The molecule has 0 aromatic rings. The summed E-state index contributed by atoms with van der Waals surface area (Å²) in [4.78, 5) is 2.55. The lowest BCUT2D eigenvalue weighted by Gasteiger charge is -2.29. The van der Waals surface area contributed by atoms with E-state index in [9.17, 15) is 0 Å². The third kappa shape index (κ3) is 6.19. The lowest BCUT2D eigenvalue weighted by Crippen LogP contribution is -2.43. The lowest BCUT2D eigenvalue weighted by atomic mass is 9.95. The normalized spacial score (nSPS) is 18.3. The minimum absolute atomic E-state index is 0.666. The Bertz CT molecular complexity index is 211. The maximum Gasteiger partial charge on any atom is 0.0192 e. The van der Waals surface area contributed by atoms with Crippen LogP contribution < -0.4 is 5.32 Å². The second-order valence-corrected chi connectivity index (χ2v) is 7.11. The highest BCUT2D eigenvalue weighted by Gasteiger charge is 2.29. The van der Waals surface area contributed by atoms with Crippen molar-refractivity contribution in [3.05, 3.63) is 0 Å². The second-order valence-electron chi connectivity index (χ2n) is 7.11. The Morgan fingerprint density at radius 2 is 1.50 bits per heavy atom. The van der Waals surface area contributed by atoms with Crippen LogP contribution in [0, 0.1) is 11.8 Å². The van der Waals surface area contributed by atoms with E-state index in [0.29, 0.717) is 12.1 Å². The lowest BCUT2D eigenvalue weighted by molar-refractivity contribution is 0.227. The molecule has 0 amide bonds. The molecule has 1 aliphatic rings. The van der Waals surface area contributed by atoms with E-state index in [0.717, 1.165) is 24.4 Å². The van der Waals surface area contributed by atoms with E-state index in [-0.39, 0.29) is 0 Å². The Hall–Kier alpha value is -0.0800. The van der Waals surface area contributed by atoms with Crippen LogP contribution >= 0.6 is 0 Å². The third-order valence-corrected chi connectivity index (χ3v) is 4.03. The first kappa shape index (κ1) is 16.0. The molecule has 1 aliphatic carbocycles. The van der Waals surface area contributed by atoms with Crippen molar-refractivity contribution in [2.45, 2.75) is 78.4 Å². The minimum atomic E-state index is 0.666. The molecule has 0 aromatic heterocycles. The monoisotopic (exact) mass is 254 g/mol. The van der Waals surface area contributed by atoms with E-state index in [1.807, 2.05) is 0 Å². The van der Waals surface area contributed by atoms with E-state index < -0.39 is 0 Å². The van der Waals surface area contributed by atoms with Crippen molar-refractivity contribution < 1.29 is 0 Å². The van der Waals surface area contributed by atoms with Gasteiger partial charge in [-0.2, -0.15) is 0 Å². The molecule has 2 heteroatoms. The van der Waals surface area contributed by atoms with Crippen LogP contribution in [0.5, 0.6) is 0 Å². The highest BCUT2D eigenvalue weighted by atomic mass is 15.2. The molecule has 1 fully saturated rings. The molecule has 18 heavy (non-hydrogen) atoms. The van der Waals surface area contributed by atoms with E-state index in [1.54, 1.807) is 0 Å². The van der Waals surface area contributed by atoms with Gasteiger partial charge < -0.3 is 5.32 Å². The zero-order valence-electron chi connectivity index (χ0n) is 13.4. The maximum absolute atomic E-state index is 3.80. The first-order valence-corrected chi connectivity index (χ1v) is 7.85. The van der Waals surface area contributed by atoms with E-state index in [2.05, 4.69) is 51.9 Å². The molecule has 0 saturated heterocycles. The summed E-state index contributed by atoms with van der Waals surface area (Å²) in [6, 6.07) is 2.23. The number of hydrogen-bond donors (Lipinski definition) is 1. The SMILES string of the molecule is CC(C)CC(CC(C)C)NCC(C)N(C)C1CC1. The third-order valence-electron chi connectivity index (χ3n) is 4.03.